The van der Waals surface area contributed by atoms with Crippen LogP contribution in [-0.2, 0) is 0 Å². The van der Waals surface area contributed by atoms with Crippen molar-refractivity contribution in [2.45, 2.75) is 13.8 Å². The number of anilines is 3. The van der Waals surface area contributed by atoms with Crippen molar-refractivity contribution in [2.24, 2.45) is 0 Å². The van der Waals surface area contributed by atoms with Gasteiger partial charge in [-0.15, -0.1) is 0 Å². The summed E-state index contributed by atoms with van der Waals surface area (Å²) in [4.78, 5) is 11.0. The molecule has 0 heterocycles. The van der Waals surface area contributed by atoms with Crippen LogP contribution < -0.4 is 11.1 Å². The maximum atomic E-state index is 11.0. The number of nitrogens with two attached hydrogens (primary N) is 1. The lowest BCUT2D eigenvalue weighted by Crippen LogP contribution is -2.03. The molecule has 104 valence electrons. The summed E-state index contributed by atoms with van der Waals surface area (Å²) in [7, 11) is 0. The third-order valence-corrected chi connectivity index (χ3v) is 3.52. The zero-order chi connectivity index (χ0) is 14.9. The number of hydrogen-bond donors (Lipinski definition) is 3. The van der Waals surface area contributed by atoms with Gasteiger partial charge in [0.2, 0.25) is 0 Å². The van der Waals surface area contributed by atoms with Crippen LogP contribution in [0.15, 0.2) is 34.8 Å². The minimum atomic E-state index is -0.975. The highest BCUT2D eigenvalue weighted by atomic mass is 79.9. The molecule has 0 spiro atoms. The highest BCUT2D eigenvalue weighted by Crippen LogP contribution is 2.30. The summed E-state index contributed by atoms with van der Waals surface area (Å²) < 4.78 is 1.00. The summed E-state index contributed by atoms with van der Waals surface area (Å²) in [5, 5.41) is 12.3. The number of aryl methyl sites for hydroxylation is 2. The van der Waals surface area contributed by atoms with Crippen LogP contribution in [0.25, 0.3) is 0 Å². The van der Waals surface area contributed by atoms with E-state index < -0.39 is 5.97 Å². The van der Waals surface area contributed by atoms with Crippen LogP contribution in [0.4, 0.5) is 17.1 Å². The highest BCUT2D eigenvalue weighted by molar-refractivity contribution is 9.10. The van der Waals surface area contributed by atoms with E-state index in [-0.39, 0.29) is 5.56 Å². The first-order valence-electron chi connectivity index (χ1n) is 6.05. The predicted octanol–water partition coefficient (Wildman–Crippen LogP) is 4.09. The zero-order valence-electron chi connectivity index (χ0n) is 11.2. The first-order chi connectivity index (χ1) is 9.38. The number of rotatable bonds is 3. The maximum absolute atomic E-state index is 11.0. The molecule has 0 fully saturated rings. The summed E-state index contributed by atoms with van der Waals surface area (Å²) >= 11 is 3.45. The molecule has 0 unspecified atom stereocenters. The predicted molar refractivity (Wildman–Crippen MR) is 84.7 cm³/mol. The number of benzene rings is 2. The van der Waals surface area contributed by atoms with Gasteiger partial charge in [-0.3, -0.25) is 0 Å². The molecule has 20 heavy (non-hydrogen) atoms. The molecule has 0 amide bonds. The van der Waals surface area contributed by atoms with E-state index in [0.29, 0.717) is 11.4 Å². The van der Waals surface area contributed by atoms with Crippen LogP contribution in [0, 0.1) is 13.8 Å². The van der Waals surface area contributed by atoms with Crippen molar-refractivity contribution in [1.29, 1.82) is 0 Å². The molecule has 0 saturated carbocycles. The highest BCUT2D eigenvalue weighted by Gasteiger charge is 2.10. The van der Waals surface area contributed by atoms with Gasteiger partial charge in [0.1, 0.15) is 0 Å². The summed E-state index contributed by atoms with van der Waals surface area (Å²) in [5.74, 6) is -0.975. The molecule has 5 heteroatoms. The normalized spacial score (nSPS) is 10.3. The fourth-order valence-electron chi connectivity index (χ4n) is 2.04. The Hall–Kier alpha value is -2.01. The molecule has 2 rings (SSSR count). The van der Waals surface area contributed by atoms with E-state index >= 15 is 0 Å². The van der Waals surface area contributed by atoms with Crippen molar-refractivity contribution >= 4 is 39.0 Å². The Kier molecular flexibility index (Phi) is 3.99. The fourth-order valence-corrected chi connectivity index (χ4v) is 2.73. The number of carboxylic acid groups (broad SMARTS) is 1. The van der Waals surface area contributed by atoms with Crippen LogP contribution in [0.2, 0.25) is 0 Å². The van der Waals surface area contributed by atoms with E-state index in [9.17, 15) is 4.79 Å². The molecule has 0 saturated heterocycles. The molecule has 2 aromatic rings. The summed E-state index contributed by atoms with van der Waals surface area (Å²) in [6.45, 7) is 3.97. The molecule has 0 bridgehead atoms. The molecule has 2 aromatic carbocycles. The summed E-state index contributed by atoms with van der Waals surface area (Å²) in [6, 6.07) is 8.61. The summed E-state index contributed by atoms with van der Waals surface area (Å²) in [6.07, 6.45) is 0. The van der Waals surface area contributed by atoms with Crippen LogP contribution in [-0.4, -0.2) is 11.1 Å². The average molecular weight is 335 g/mol. The maximum Gasteiger partial charge on any atom is 0.335 e. The van der Waals surface area contributed by atoms with Gasteiger partial charge in [-0.25, -0.2) is 4.79 Å². The van der Waals surface area contributed by atoms with Crippen molar-refractivity contribution < 1.29 is 9.90 Å². The van der Waals surface area contributed by atoms with Crippen molar-refractivity contribution in [3.63, 3.8) is 0 Å². The lowest BCUT2D eigenvalue weighted by Gasteiger charge is -2.15. The van der Waals surface area contributed by atoms with Crippen molar-refractivity contribution in [1.82, 2.24) is 0 Å². The molecule has 0 aliphatic rings. The number of carboxylic acids is 1. The van der Waals surface area contributed by atoms with Crippen molar-refractivity contribution in [2.75, 3.05) is 11.1 Å². The second-order valence-corrected chi connectivity index (χ2v) is 5.56. The van der Waals surface area contributed by atoms with Gasteiger partial charge in [-0.1, -0.05) is 15.9 Å². The Balaban J connectivity index is 2.45. The Bertz CT molecular complexity index is 661. The van der Waals surface area contributed by atoms with Gasteiger partial charge in [-0.05, 0) is 55.3 Å². The van der Waals surface area contributed by atoms with E-state index in [1.54, 1.807) is 12.1 Å². The second-order valence-electron chi connectivity index (χ2n) is 4.65. The third-order valence-electron chi connectivity index (χ3n) is 3.06. The molecule has 0 aromatic heterocycles. The molecule has 4 nitrogen and oxygen atoms in total. The lowest BCUT2D eigenvalue weighted by molar-refractivity contribution is 0.0697. The first kappa shape index (κ1) is 14.4. The van der Waals surface area contributed by atoms with Crippen LogP contribution in [0.1, 0.15) is 21.5 Å². The SMILES string of the molecule is Cc1cc(Br)cc(C)c1Nc1cc(C(=O)O)ccc1N. The zero-order valence-corrected chi connectivity index (χ0v) is 12.8. The minimum Gasteiger partial charge on any atom is -0.478 e. The topological polar surface area (TPSA) is 75.3 Å². The molecular weight excluding hydrogens is 320 g/mol. The Morgan fingerprint density at radius 2 is 1.80 bits per heavy atom. The first-order valence-corrected chi connectivity index (χ1v) is 6.84. The van der Waals surface area contributed by atoms with E-state index in [1.807, 2.05) is 26.0 Å². The molecule has 0 radical (unpaired) electrons. The number of halogens is 1. The third kappa shape index (κ3) is 2.93. The number of hydrogen-bond acceptors (Lipinski definition) is 3. The number of aromatic carboxylic acids is 1. The van der Waals surface area contributed by atoms with E-state index in [0.717, 1.165) is 21.3 Å². The lowest BCUT2D eigenvalue weighted by atomic mass is 10.1. The quantitative estimate of drug-likeness (QED) is 0.739. The second kappa shape index (κ2) is 5.54. The van der Waals surface area contributed by atoms with Crippen molar-refractivity contribution in [3.8, 4) is 0 Å². The van der Waals surface area contributed by atoms with Gasteiger partial charge in [0.25, 0.3) is 0 Å². The Morgan fingerprint density at radius 1 is 1.20 bits per heavy atom. The van der Waals surface area contributed by atoms with Gasteiger partial charge in [-0.2, -0.15) is 0 Å². The molecule has 0 aliphatic heterocycles. The van der Waals surface area contributed by atoms with Crippen LogP contribution >= 0.6 is 15.9 Å². The monoisotopic (exact) mass is 334 g/mol. The number of nitrogens with one attached hydrogen (secondary N) is 1. The van der Waals surface area contributed by atoms with Gasteiger partial charge in [0.05, 0.1) is 16.9 Å². The van der Waals surface area contributed by atoms with Gasteiger partial charge < -0.3 is 16.2 Å². The van der Waals surface area contributed by atoms with Crippen LogP contribution in [0.5, 0.6) is 0 Å². The van der Waals surface area contributed by atoms with Crippen LogP contribution in [0.3, 0.4) is 0 Å². The molecule has 4 N–H and O–H groups in total. The molecule has 0 aliphatic carbocycles. The van der Waals surface area contributed by atoms with Gasteiger partial charge in [0.15, 0.2) is 0 Å². The Morgan fingerprint density at radius 3 is 2.35 bits per heavy atom. The fraction of sp³-hybridized carbons (Fsp3) is 0.133. The van der Waals surface area contributed by atoms with Gasteiger partial charge in [0, 0.05) is 10.2 Å². The van der Waals surface area contributed by atoms with E-state index in [4.69, 9.17) is 10.8 Å². The number of carbonyl (C=O) groups is 1. The number of nitrogen functional groups attached to an aromatic ring is 1. The minimum absolute atomic E-state index is 0.203. The van der Waals surface area contributed by atoms with E-state index in [2.05, 4.69) is 21.2 Å². The Labute approximate surface area is 125 Å². The summed E-state index contributed by atoms with van der Waals surface area (Å²) in [5.41, 5.74) is 10.3. The van der Waals surface area contributed by atoms with Crippen molar-refractivity contribution in [3.05, 3.63) is 51.5 Å². The largest absolute Gasteiger partial charge is 0.478 e. The van der Waals surface area contributed by atoms with Gasteiger partial charge >= 0.3 is 5.97 Å². The molecular formula is C15H15BrN2O2. The standard InChI is InChI=1S/C15H15BrN2O2/c1-8-5-11(16)6-9(2)14(8)18-13-7-10(15(19)20)3-4-12(13)17/h3-7,18H,17H2,1-2H3,(H,19,20). The van der Waals surface area contributed by atoms with E-state index in [1.165, 1.54) is 6.07 Å². The average Bonchev–Trinajstić information content (AvgIpc) is 2.35. The molecule has 0 atom stereocenters. The smallest absolute Gasteiger partial charge is 0.335 e.